The van der Waals surface area contributed by atoms with E-state index in [1.165, 1.54) is 0 Å². The van der Waals surface area contributed by atoms with Gasteiger partial charge in [-0.2, -0.15) is 10.2 Å². The minimum absolute atomic E-state index is 0.168. The summed E-state index contributed by atoms with van der Waals surface area (Å²) in [7, 11) is 0. The average molecular weight is 344 g/mol. The minimum Gasteiger partial charge on any atom is -0.439 e. The highest BCUT2D eigenvalue weighted by atomic mass is 16.5. The number of rotatable bonds is 4. The molecule has 0 spiro atoms. The molecule has 0 fully saturated rings. The first-order valence-corrected chi connectivity index (χ1v) is 7.96. The molecule has 0 aliphatic heterocycles. The van der Waals surface area contributed by atoms with E-state index >= 15 is 0 Å². The maximum absolute atomic E-state index is 12.4. The van der Waals surface area contributed by atoms with Crippen molar-refractivity contribution in [2.45, 2.75) is 13.8 Å². The third-order valence-electron chi connectivity index (χ3n) is 3.65. The van der Waals surface area contributed by atoms with Crippen LogP contribution >= 0.6 is 0 Å². The first kappa shape index (κ1) is 17.1. The molecular weight excluding hydrogens is 328 g/mol. The van der Waals surface area contributed by atoms with E-state index in [2.05, 4.69) is 15.3 Å². The number of nitriles is 1. The van der Waals surface area contributed by atoms with Gasteiger partial charge in [0.1, 0.15) is 5.75 Å². The van der Waals surface area contributed by atoms with Crippen LogP contribution in [0.5, 0.6) is 11.6 Å². The van der Waals surface area contributed by atoms with Gasteiger partial charge in [0.05, 0.1) is 11.6 Å². The molecule has 6 heteroatoms. The summed E-state index contributed by atoms with van der Waals surface area (Å²) in [6.45, 7) is 3.65. The normalized spacial score (nSPS) is 10.0. The molecule has 0 bridgehead atoms. The Bertz CT molecular complexity index is 991. The van der Waals surface area contributed by atoms with Crippen molar-refractivity contribution < 1.29 is 9.53 Å². The molecule has 1 heterocycles. The standard InChI is InChI=1S/C20H16N4O2/c1-13-5-3-4-6-17(13)19(25)24-20-22-14(2)11-18(23-20)26-16-9-7-15(12-21)8-10-16/h3-11H,1-2H3,(H,22,23,24,25). The van der Waals surface area contributed by atoms with Gasteiger partial charge in [0.15, 0.2) is 0 Å². The second kappa shape index (κ2) is 7.45. The minimum atomic E-state index is -0.280. The average Bonchev–Trinajstić information content (AvgIpc) is 2.62. The van der Waals surface area contributed by atoms with Crippen molar-refractivity contribution in [2.24, 2.45) is 0 Å². The van der Waals surface area contributed by atoms with Crippen LogP contribution in [0.1, 0.15) is 27.2 Å². The number of nitrogens with one attached hydrogen (secondary N) is 1. The zero-order valence-electron chi connectivity index (χ0n) is 14.4. The Morgan fingerprint density at radius 2 is 1.81 bits per heavy atom. The summed E-state index contributed by atoms with van der Waals surface area (Å²) < 4.78 is 5.70. The van der Waals surface area contributed by atoms with Gasteiger partial charge in [0, 0.05) is 17.3 Å². The smallest absolute Gasteiger partial charge is 0.258 e. The van der Waals surface area contributed by atoms with E-state index in [1.54, 1.807) is 49.4 Å². The second-order valence-corrected chi connectivity index (χ2v) is 5.68. The number of ether oxygens (including phenoxy) is 1. The van der Waals surface area contributed by atoms with Crippen LogP contribution in [0.15, 0.2) is 54.6 Å². The third kappa shape index (κ3) is 4.02. The summed E-state index contributed by atoms with van der Waals surface area (Å²) in [4.78, 5) is 20.9. The number of aryl methyl sites for hydroxylation is 2. The molecule has 6 nitrogen and oxygen atoms in total. The number of aromatic nitrogens is 2. The summed E-state index contributed by atoms with van der Waals surface area (Å²) in [5.74, 6) is 0.737. The van der Waals surface area contributed by atoms with Crippen LogP contribution in [0.3, 0.4) is 0 Å². The molecule has 0 saturated heterocycles. The van der Waals surface area contributed by atoms with Gasteiger partial charge in [0.2, 0.25) is 11.8 Å². The van der Waals surface area contributed by atoms with Crippen molar-refractivity contribution >= 4 is 11.9 Å². The van der Waals surface area contributed by atoms with Crippen molar-refractivity contribution in [3.63, 3.8) is 0 Å². The number of carbonyl (C=O) groups is 1. The van der Waals surface area contributed by atoms with Crippen LogP contribution in [0.2, 0.25) is 0 Å². The largest absolute Gasteiger partial charge is 0.439 e. The molecule has 3 rings (SSSR count). The van der Waals surface area contributed by atoms with Gasteiger partial charge in [-0.3, -0.25) is 10.1 Å². The van der Waals surface area contributed by atoms with E-state index in [1.807, 2.05) is 25.1 Å². The molecule has 0 aliphatic carbocycles. The highest BCUT2D eigenvalue weighted by Gasteiger charge is 2.12. The van der Waals surface area contributed by atoms with Crippen LogP contribution in [-0.2, 0) is 0 Å². The second-order valence-electron chi connectivity index (χ2n) is 5.68. The van der Waals surface area contributed by atoms with E-state index in [0.717, 1.165) is 5.56 Å². The number of hydrogen-bond acceptors (Lipinski definition) is 5. The van der Waals surface area contributed by atoms with Crippen molar-refractivity contribution in [2.75, 3.05) is 5.32 Å². The molecule has 0 atom stereocenters. The fraction of sp³-hybridized carbons (Fsp3) is 0.100. The van der Waals surface area contributed by atoms with Crippen molar-refractivity contribution in [1.82, 2.24) is 9.97 Å². The summed E-state index contributed by atoms with van der Waals surface area (Å²) in [5, 5.41) is 11.5. The first-order valence-electron chi connectivity index (χ1n) is 7.96. The molecule has 0 saturated carbocycles. The zero-order chi connectivity index (χ0) is 18.5. The van der Waals surface area contributed by atoms with Crippen molar-refractivity contribution in [1.29, 1.82) is 5.26 Å². The number of benzene rings is 2. The highest BCUT2D eigenvalue weighted by molar-refractivity contribution is 6.04. The molecule has 3 aromatic rings. The van der Waals surface area contributed by atoms with E-state index in [0.29, 0.717) is 28.5 Å². The van der Waals surface area contributed by atoms with Crippen LogP contribution < -0.4 is 10.1 Å². The Labute approximate surface area is 151 Å². The fourth-order valence-electron chi connectivity index (χ4n) is 2.36. The number of hydrogen-bond donors (Lipinski definition) is 1. The van der Waals surface area contributed by atoms with Crippen LogP contribution in [0, 0.1) is 25.2 Å². The summed E-state index contributed by atoms with van der Waals surface area (Å²) in [5.41, 5.74) is 2.63. The van der Waals surface area contributed by atoms with E-state index in [-0.39, 0.29) is 11.9 Å². The van der Waals surface area contributed by atoms with E-state index < -0.39 is 0 Å². The lowest BCUT2D eigenvalue weighted by atomic mass is 10.1. The zero-order valence-corrected chi connectivity index (χ0v) is 14.4. The van der Waals surface area contributed by atoms with Crippen LogP contribution in [0.4, 0.5) is 5.95 Å². The number of carbonyl (C=O) groups excluding carboxylic acids is 1. The van der Waals surface area contributed by atoms with Gasteiger partial charge in [0.25, 0.3) is 5.91 Å². The molecule has 0 unspecified atom stereocenters. The van der Waals surface area contributed by atoms with E-state index in [4.69, 9.17) is 10.00 Å². The summed E-state index contributed by atoms with van der Waals surface area (Å²) in [6.07, 6.45) is 0. The van der Waals surface area contributed by atoms with Crippen molar-refractivity contribution in [3.8, 4) is 17.7 Å². The van der Waals surface area contributed by atoms with Crippen molar-refractivity contribution in [3.05, 3.63) is 77.0 Å². The molecule has 128 valence electrons. The van der Waals surface area contributed by atoms with Gasteiger partial charge in [-0.15, -0.1) is 0 Å². The summed E-state index contributed by atoms with van der Waals surface area (Å²) in [6, 6.07) is 17.7. The van der Waals surface area contributed by atoms with Gasteiger partial charge in [-0.25, -0.2) is 4.98 Å². The number of nitrogens with zero attached hydrogens (tertiary/aromatic N) is 3. The maximum atomic E-state index is 12.4. The van der Waals surface area contributed by atoms with Crippen LogP contribution in [-0.4, -0.2) is 15.9 Å². The van der Waals surface area contributed by atoms with Gasteiger partial charge < -0.3 is 4.74 Å². The molecule has 1 amide bonds. The highest BCUT2D eigenvalue weighted by Crippen LogP contribution is 2.22. The molecule has 2 aromatic carbocycles. The lowest BCUT2D eigenvalue weighted by molar-refractivity contribution is 0.102. The van der Waals surface area contributed by atoms with Gasteiger partial charge >= 0.3 is 0 Å². The topological polar surface area (TPSA) is 87.9 Å². The lowest BCUT2D eigenvalue weighted by Gasteiger charge is -2.09. The molecular formula is C20H16N4O2. The Kier molecular flexibility index (Phi) is 4.90. The molecule has 0 radical (unpaired) electrons. The van der Waals surface area contributed by atoms with E-state index in [9.17, 15) is 4.79 Å². The fourth-order valence-corrected chi connectivity index (χ4v) is 2.36. The Hall–Kier alpha value is -3.72. The third-order valence-corrected chi connectivity index (χ3v) is 3.65. The predicted molar refractivity (Wildman–Crippen MR) is 97.1 cm³/mol. The first-order chi connectivity index (χ1) is 12.5. The maximum Gasteiger partial charge on any atom is 0.258 e. The number of anilines is 1. The monoisotopic (exact) mass is 344 g/mol. The molecule has 26 heavy (non-hydrogen) atoms. The van der Waals surface area contributed by atoms with Gasteiger partial charge in [-0.1, -0.05) is 18.2 Å². The predicted octanol–water partition coefficient (Wildman–Crippen LogP) is 4.01. The lowest BCUT2D eigenvalue weighted by Crippen LogP contribution is -2.15. The quantitative estimate of drug-likeness (QED) is 0.772. The Morgan fingerprint density at radius 1 is 1.08 bits per heavy atom. The Balaban J connectivity index is 1.80. The van der Waals surface area contributed by atoms with Crippen LogP contribution in [0.25, 0.3) is 0 Å². The molecule has 1 aromatic heterocycles. The van der Waals surface area contributed by atoms with Gasteiger partial charge in [-0.05, 0) is 49.7 Å². The molecule has 0 aliphatic rings. The molecule has 1 N–H and O–H groups in total. The SMILES string of the molecule is Cc1cc(Oc2ccc(C#N)cc2)nc(NC(=O)c2ccccc2C)n1. The number of amides is 1. The summed E-state index contributed by atoms with van der Waals surface area (Å²) >= 11 is 0. The Morgan fingerprint density at radius 3 is 2.50 bits per heavy atom.